The van der Waals surface area contributed by atoms with E-state index < -0.39 is 11.9 Å². The van der Waals surface area contributed by atoms with E-state index in [-0.39, 0.29) is 13.2 Å². The molecule has 2 aromatic rings. The second-order valence-electron chi connectivity index (χ2n) is 6.03. The second-order valence-corrected chi connectivity index (χ2v) is 6.03. The molecule has 1 heterocycles. The van der Waals surface area contributed by atoms with E-state index in [4.69, 9.17) is 14.2 Å². The Morgan fingerprint density at radius 2 is 1.64 bits per heavy atom. The van der Waals surface area contributed by atoms with E-state index in [1.165, 1.54) is 0 Å². The first-order valence-electron chi connectivity index (χ1n) is 9.33. The van der Waals surface area contributed by atoms with Crippen LogP contribution in [-0.2, 0) is 20.8 Å². The van der Waals surface area contributed by atoms with Crippen LogP contribution in [0.3, 0.4) is 0 Å². The first-order chi connectivity index (χ1) is 13.6. The van der Waals surface area contributed by atoms with Gasteiger partial charge in [-0.3, -0.25) is 0 Å². The summed E-state index contributed by atoms with van der Waals surface area (Å²) in [5.74, 6) is -0.927. The zero-order valence-corrected chi connectivity index (χ0v) is 16.9. The number of hydrogen-bond acceptors (Lipinski definition) is 5. The van der Waals surface area contributed by atoms with E-state index in [9.17, 15) is 9.59 Å². The molecule has 28 heavy (non-hydrogen) atoms. The Morgan fingerprint density at radius 1 is 1.00 bits per heavy atom. The number of benzene rings is 1. The van der Waals surface area contributed by atoms with Crippen molar-refractivity contribution in [3.8, 4) is 11.1 Å². The van der Waals surface area contributed by atoms with E-state index in [2.05, 4.69) is 0 Å². The molecule has 0 aliphatic heterocycles. The number of carbonyl (C=O) groups is 2. The van der Waals surface area contributed by atoms with Gasteiger partial charge in [0.2, 0.25) is 0 Å². The van der Waals surface area contributed by atoms with Crippen molar-refractivity contribution in [3.05, 3.63) is 59.4 Å². The molecular weight excluding hydrogens is 358 g/mol. The van der Waals surface area contributed by atoms with Crippen LogP contribution < -0.4 is 0 Å². The number of esters is 2. The summed E-state index contributed by atoms with van der Waals surface area (Å²) < 4.78 is 17.4. The number of nitrogens with zero attached hydrogens (tertiary/aromatic N) is 1. The molecule has 0 aliphatic rings. The van der Waals surface area contributed by atoms with Crippen molar-refractivity contribution in [3.63, 3.8) is 0 Å². The summed E-state index contributed by atoms with van der Waals surface area (Å²) in [5, 5.41) is 0. The topological polar surface area (TPSA) is 66.8 Å². The average molecular weight is 385 g/mol. The first kappa shape index (κ1) is 21.4. The van der Waals surface area contributed by atoms with Gasteiger partial charge in [0.1, 0.15) is 5.69 Å². The van der Waals surface area contributed by atoms with Gasteiger partial charge in [0.15, 0.2) is 0 Å². The van der Waals surface area contributed by atoms with Gasteiger partial charge >= 0.3 is 11.9 Å². The summed E-state index contributed by atoms with van der Waals surface area (Å²) in [6.45, 7) is 6.68. The normalized spacial score (nSPS) is 11.0. The van der Waals surface area contributed by atoms with Crippen LogP contribution in [0, 0.1) is 6.92 Å². The SMILES string of the molecule is CCOC(=O)c1c(-c2ccccc2)c(C(=O)OCC)n(C/C=C/COC)c1C. The van der Waals surface area contributed by atoms with Crippen molar-refractivity contribution in [2.45, 2.75) is 27.3 Å². The van der Waals surface area contributed by atoms with Gasteiger partial charge in [-0.2, -0.15) is 0 Å². The summed E-state index contributed by atoms with van der Waals surface area (Å²) in [4.78, 5) is 25.6. The van der Waals surface area contributed by atoms with Crippen LogP contribution in [0.25, 0.3) is 11.1 Å². The van der Waals surface area contributed by atoms with Crippen molar-refractivity contribution < 1.29 is 23.8 Å². The largest absolute Gasteiger partial charge is 0.462 e. The quantitative estimate of drug-likeness (QED) is 0.482. The van der Waals surface area contributed by atoms with Crippen molar-refractivity contribution in [1.82, 2.24) is 4.57 Å². The van der Waals surface area contributed by atoms with Gasteiger partial charge in [0, 0.05) is 24.9 Å². The lowest BCUT2D eigenvalue weighted by Gasteiger charge is -2.10. The highest BCUT2D eigenvalue weighted by Crippen LogP contribution is 2.34. The molecule has 0 N–H and O–H groups in total. The molecule has 0 amide bonds. The summed E-state index contributed by atoms with van der Waals surface area (Å²) in [6.07, 6.45) is 3.75. The zero-order valence-electron chi connectivity index (χ0n) is 16.9. The van der Waals surface area contributed by atoms with Crippen LogP contribution in [0.5, 0.6) is 0 Å². The molecule has 2 rings (SSSR count). The molecule has 1 aromatic carbocycles. The summed E-state index contributed by atoms with van der Waals surface area (Å²) in [7, 11) is 1.61. The minimum Gasteiger partial charge on any atom is -0.462 e. The molecular formula is C22H27NO5. The highest BCUT2D eigenvalue weighted by atomic mass is 16.5. The maximum atomic E-state index is 12.9. The number of ether oxygens (including phenoxy) is 3. The lowest BCUT2D eigenvalue weighted by atomic mass is 10.00. The van der Waals surface area contributed by atoms with E-state index >= 15 is 0 Å². The fraction of sp³-hybridized carbons (Fsp3) is 0.364. The maximum Gasteiger partial charge on any atom is 0.355 e. The van der Waals surface area contributed by atoms with Crippen molar-refractivity contribution >= 4 is 11.9 Å². The van der Waals surface area contributed by atoms with Gasteiger partial charge in [-0.15, -0.1) is 0 Å². The fourth-order valence-electron chi connectivity index (χ4n) is 3.06. The molecule has 1 aromatic heterocycles. The highest BCUT2D eigenvalue weighted by Gasteiger charge is 2.30. The van der Waals surface area contributed by atoms with Crippen molar-refractivity contribution in [1.29, 1.82) is 0 Å². The standard InChI is InChI=1S/C22H27NO5/c1-5-27-21(24)18-16(3)23(14-10-11-15-26-4)20(22(25)28-6-2)19(18)17-12-8-7-9-13-17/h7-13H,5-6,14-15H2,1-4H3/b11-10+. The molecule has 0 bridgehead atoms. The number of allylic oxidation sites excluding steroid dienone is 1. The van der Waals surface area contributed by atoms with E-state index in [0.29, 0.717) is 35.7 Å². The first-order valence-corrected chi connectivity index (χ1v) is 9.33. The molecule has 0 unspecified atom stereocenters. The third-order valence-corrected chi connectivity index (χ3v) is 4.25. The molecule has 0 spiro atoms. The molecule has 0 aliphatic carbocycles. The summed E-state index contributed by atoms with van der Waals surface area (Å²) in [6, 6.07) is 9.35. The van der Waals surface area contributed by atoms with Crippen LogP contribution in [0.15, 0.2) is 42.5 Å². The molecule has 0 saturated carbocycles. The molecule has 6 heteroatoms. The van der Waals surface area contributed by atoms with Gasteiger partial charge in [0.05, 0.1) is 25.4 Å². The molecule has 6 nitrogen and oxygen atoms in total. The number of hydrogen-bond donors (Lipinski definition) is 0. The predicted octanol–water partition coefficient (Wildman–Crippen LogP) is 4.02. The maximum absolute atomic E-state index is 12.9. The minimum absolute atomic E-state index is 0.242. The molecule has 150 valence electrons. The Hall–Kier alpha value is -2.86. The molecule has 0 saturated heterocycles. The highest BCUT2D eigenvalue weighted by molar-refractivity contribution is 6.07. The lowest BCUT2D eigenvalue weighted by Crippen LogP contribution is -2.14. The Kier molecular flexibility index (Phi) is 8.02. The minimum atomic E-state index is -0.472. The van der Waals surface area contributed by atoms with Crippen molar-refractivity contribution in [2.24, 2.45) is 0 Å². The molecule has 0 atom stereocenters. The van der Waals surface area contributed by atoms with Gasteiger partial charge in [0.25, 0.3) is 0 Å². The van der Waals surface area contributed by atoms with Crippen molar-refractivity contribution in [2.75, 3.05) is 26.9 Å². The Bertz CT molecular complexity index is 836. The van der Waals surface area contributed by atoms with E-state index in [0.717, 1.165) is 5.56 Å². The molecule has 0 radical (unpaired) electrons. The number of aromatic nitrogens is 1. The van der Waals surface area contributed by atoms with Gasteiger partial charge in [-0.05, 0) is 26.3 Å². The summed E-state index contributed by atoms with van der Waals surface area (Å²) in [5.41, 5.74) is 2.68. The third-order valence-electron chi connectivity index (χ3n) is 4.25. The fourth-order valence-corrected chi connectivity index (χ4v) is 3.06. The Balaban J connectivity index is 2.73. The van der Waals surface area contributed by atoms with Crippen LogP contribution >= 0.6 is 0 Å². The Morgan fingerprint density at radius 3 is 2.25 bits per heavy atom. The van der Waals surface area contributed by atoms with Crippen LogP contribution in [0.2, 0.25) is 0 Å². The van der Waals surface area contributed by atoms with E-state index in [1.54, 1.807) is 25.5 Å². The van der Waals surface area contributed by atoms with Gasteiger partial charge < -0.3 is 18.8 Å². The van der Waals surface area contributed by atoms with Crippen LogP contribution in [0.4, 0.5) is 0 Å². The van der Waals surface area contributed by atoms with Gasteiger partial charge in [-0.1, -0.05) is 42.5 Å². The zero-order chi connectivity index (χ0) is 20.5. The molecule has 0 fully saturated rings. The third kappa shape index (κ3) is 4.70. The number of rotatable bonds is 9. The average Bonchev–Trinajstić information content (AvgIpc) is 2.99. The summed E-state index contributed by atoms with van der Waals surface area (Å²) >= 11 is 0. The lowest BCUT2D eigenvalue weighted by molar-refractivity contribution is 0.0512. The van der Waals surface area contributed by atoms with E-state index in [1.807, 2.05) is 49.4 Å². The smallest absolute Gasteiger partial charge is 0.355 e. The van der Waals surface area contributed by atoms with Crippen LogP contribution in [-0.4, -0.2) is 43.4 Å². The number of methoxy groups -OCH3 is 1. The number of carbonyl (C=O) groups excluding carboxylic acids is 2. The predicted molar refractivity (Wildman–Crippen MR) is 108 cm³/mol. The Labute approximate surface area is 165 Å². The van der Waals surface area contributed by atoms with Gasteiger partial charge in [-0.25, -0.2) is 9.59 Å². The monoisotopic (exact) mass is 385 g/mol. The second kappa shape index (κ2) is 10.5. The van der Waals surface area contributed by atoms with Crippen LogP contribution in [0.1, 0.15) is 40.4 Å².